The molecule has 0 aliphatic carbocycles. The molecular weight excluding hydrogens is 280 g/mol. The normalized spacial score (nSPS) is 11.1. The van der Waals surface area contributed by atoms with Crippen LogP contribution in [0.3, 0.4) is 0 Å². The van der Waals surface area contributed by atoms with Crippen LogP contribution in [0.25, 0.3) is 0 Å². The van der Waals surface area contributed by atoms with Crippen molar-refractivity contribution in [3.63, 3.8) is 0 Å². The van der Waals surface area contributed by atoms with Crippen molar-refractivity contribution in [3.05, 3.63) is 41.0 Å². The fraction of sp³-hybridized carbons (Fsp3) is 0.429. The minimum absolute atomic E-state index is 0.164. The lowest BCUT2D eigenvalue weighted by atomic mass is 10.2. The summed E-state index contributed by atoms with van der Waals surface area (Å²) in [7, 11) is 0. The number of nitrogens with zero attached hydrogens (tertiary/aromatic N) is 2. The van der Waals surface area contributed by atoms with E-state index in [0.29, 0.717) is 17.9 Å². The van der Waals surface area contributed by atoms with Gasteiger partial charge in [0.05, 0.1) is 0 Å². The lowest BCUT2D eigenvalue weighted by molar-refractivity contribution is 0.224. The van der Waals surface area contributed by atoms with E-state index in [-0.39, 0.29) is 18.5 Å². The number of nitrogens with one attached hydrogen (secondary N) is 1. The Balaban J connectivity index is 2.06. The molecule has 0 aliphatic rings. The van der Waals surface area contributed by atoms with Crippen LogP contribution in [0.4, 0.5) is 8.78 Å². The van der Waals surface area contributed by atoms with Gasteiger partial charge in [0.25, 0.3) is 5.89 Å². The summed E-state index contributed by atoms with van der Waals surface area (Å²) in [6, 6.07) is 2.72. The van der Waals surface area contributed by atoms with E-state index in [9.17, 15) is 8.78 Å². The maximum atomic E-state index is 13.9. The summed E-state index contributed by atoms with van der Waals surface area (Å²) in [5.41, 5.74) is 0.514. The van der Waals surface area contributed by atoms with Gasteiger partial charge < -0.3 is 14.6 Å². The third-order valence-corrected chi connectivity index (χ3v) is 2.68. The first-order valence-electron chi connectivity index (χ1n) is 6.59. The van der Waals surface area contributed by atoms with Crippen molar-refractivity contribution in [2.24, 2.45) is 0 Å². The summed E-state index contributed by atoms with van der Waals surface area (Å²) in [6.45, 7) is 5.75. The molecule has 0 saturated heterocycles. The van der Waals surface area contributed by atoms with E-state index < -0.39 is 17.4 Å². The highest BCUT2D eigenvalue weighted by Crippen LogP contribution is 2.24. The number of aromatic nitrogens is 2. The molecule has 114 valence electrons. The molecule has 0 aliphatic heterocycles. The van der Waals surface area contributed by atoms with Crippen molar-refractivity contribution in [1.82, 2.24) is 15.5 Å². The second-order valence-electron chi connectivity index (χ2n) is 4.95. The van der Waals surface area contributed by atoms with Crippen molar-refractivity contribution in [2.75, 3.05) is 0 Å². The van der Waals surface area contributed by atoms with Gasteiger partial charge >= 0.3 is 0 Å². The number of aryl methyl sites for hydroxylation is 1. The Hall–Kier alpha value is -2.02. The van der Waals surface area contributed by atoms with Gasteiger partial charge in [-0.1, -0.05) is 19.0 Å². The van der Waals surface area contributed by atoms with Crippen LogP contribution in [-0.2, 0) is 13.2 Å². The molecule has 21 heavy (non-hydrogen) atoms. The molecule has 1 heterocycles. The Morgan fingerprint density at radius 1 is 1.29 bits per heavy atom. The van der Waals surface area contributed by atoms with Crippen molar-refractivity contribution in [1.29, 1.82) is 0 Å². The zero-order valence-electron chi connectivity index (χ0n) is 12.1. The fourth-order valence-corrected chi connectivity index (χ4v) is 1.71. The molecule has 0 atom stereocenters. The predicted molar refractivity (Wildman–Crippen MR) is 71.7 cm³/mol. The standard InChI is InChI=1S/C14H17F2N3O2/c1-8(2)17-6-10-4-11(15)14(12(16)5-10)20-7-13-18-9(3)19-21-13/h4-5,8,17H,6-7H2,1-3H3. The van der Waals surface area contributed by atoms with Gasteiger partial charge in [-0.05, 0) is 24.6 Å². The highest BCUT2D eigenvalue weighted by Gasteiger charge is 2.14. The number of hydrogen-bond acceptors (Lipinski definition) is 5. The summed E-state index contributed by atoms with van der Waals surface area (Å²) < 4.78 is 37.7. The van der Waals surface area contributed by atoms with E-state index in [2.05, 4.69) is 15.5 Å². The fourth-order valence-electron chi connectivity index (χ4n) is 1.71. The first kappa shape index (κ1) is 15.4. The summed E-state index contributed by atoms with van der Waals surface area (Å²) in [6.07, 6.45) is 0. The molecule has 2 rings (SSSR count). The van der Waals surface area contributed by atoms with Crippen LogP contribution in [0.2, 0.25) is 0 Å². The lowest BCUT2D eigenvalue weighted by Gasteiger charge is -2.11. The van der Waals surface area contributed by atoms with Gasteiger partial charge in [0.1, 0.15) is 0 Å². The molecular formula is C14H17F2N3O2. The Morgan fingerprint density at radius 3 is 2.48 bits per heavy atom. The Kier molecular flexibility index (Phi) is 4.85. The Bertz CT molecular complexity index is 591. The molecule has 7 heteroatoms. The Labute approximate surface area is 121 Å². The van der Waals surface area contributed by atoms with E-state index in [1.54, 1.807) is 6.92 Å². The van der Waals surface area contributed by atoms with Crippen LogP contribution >= 0.6 is 0 Å². The molecule has 0 bridgehead atoms. The van der Waals surface area contributed by atoms with Gasteiger partial charge in [0.2, 0.25) is 0 Å². The summed E-state index contributed by atoms with van der Waals surface area (Å²) in [5, 5.41) is 6.66. The third kappa shape index (κ3) is 4.22. The molecule has 0 unspecified atom stereocenters. The molecule has 0 saturated carbocycles. The maximum Gasteiger partial charge on any atom is 0.264 e. The van der Waals surface area contributed by atoms with Gasteiger partial charge in [-0.2, -0.15) is 4.98 Å². The Morgan fingerprint density at radius 2 is 1.95 bits per heavy atom. The lowest BCUT2D eigenvalue weighted by Crippen LogP contribution is -2.22. The van der Waals surface area contributed by atoms with E-state index >= 15 is 0 Å². The summed E-state index contributed by atoms with van der Waals surface area (Å²) in [4.78, 5) is 3.89. The summed E-state index contributed by atoms with van der Waals surface area (Å²) in [5.74, 6) is -1.36. The molecule has 1 aromatic heterocycles. The van der Waals surface area contributed by atoms with Crippen molar-refractivity contribution in [3.8, 4) is 5.75 Å². The van der Waals surface area contributed by atoms with Gasteiger partial charge in [-0.25, -0.2) is 8.78 Å². The number of halogens is 2. The van der Waals surface area contributed by atoms with E-state index in [4.69, 9.17) is 9.26 Å². The molecule has 0 fully saturated rings. The van der Waals surface area contributed by atoms with Gasteiger partial charge in [0.15, 0.2) is 29.8 Å². The molecule has 2 aromatic rings. The number of hydrogen-bond donors (Lipinski definition) is 1. The van der Waals surface area contributed by atoms with Crippen LogP contribution in [-0.4, -0.2) is 16.2 Å². The van der Waals surface area contributed by atoms with Crippen LogP contribution in [0.15, 0.2) is 16.7 Å². The second kappa shape index (κ2) is 6.62. The third-order valence-electron chi connectivity index (χ3n) is 2.68. The van der Waals surface area contributed by atoms with E-state index in [1.165, 1.54) is 12.1 Å². The average molecular weight is 297 g/mol. The van der Waals surface area contributed by atoms with Crippen molar-refractivity contribution in [2.45, 2.75) is 40.0 Å². The average Bonchev–Trinajstić information content (AvgIpc) is 2.81. The second-order valence-corrected chi connectivity index (χ2v) is 4.95. The molecule has 1 N–H and O–H groups in total. The van der Waals surface area contributed by atoms with Crippen molar-refractivity contribution >= 4 is 0 Å². The van der Waals surface area contributed by atoms with Gasteiger partial charge in [-0.15, -0.1) is 0 Å². The van der Waals surface area contributed by atoms with Gasteiger partial charge in [0, 0.05) is 12.6 Å². The maximum absolute atomic E-state index is 13.9. The quantitative estimate of drug-likeness (QED) is 0.888. The highest BCUT2D eigenvalue weighted by molar-refractivity contribution is 5.31. The molecule has 0 radical (unpaired) electrons. The molecule has 1 aromatic carbocycles. The van der Waals surface area contributed by atoms with Crippen LogP contribution in [0.1, 0.15) is 31.1 Å². The van der Waals surface area contributed by atoms with Crippen LogP contribution < -0.4 is 10.1 Å². The topological polar surface area (TPSA) is 60.2 Å². The number of rotatable bonds is 6. The minimum atomic E-state index is -0.758. The summed E-state index contributed by atoms with van der Waals surface area (Å²) >= 11 is 0. The number of ether oxygens (including phenoxy) is 1. The van der Waals surface area contributed by atoms with E-state index in [1.807, 2.05) is 13.8 Å². The smallest absolute Gasteiger partial charge is 0.264 e. The van der Waals surface area contributed by atoms with Gasteiger partial charge in [-0.3, -0.25) is 0 Å². The minimum Gasteiger partial charge on any atom is -0.478 e. The van der Waals surface area contributed by atoms with Crippen molar-refractivity contribution < 1.29 is 18.0 Å². The zero-order chi connectivity index (χ0) is 15.4. The zero-order valence-corrected chi connectivity index (χ0v) is 12.1. The van der Waals surface area contributed by atoms with E-state index in [0.717, 1.165) is 0 Å². The first-order valence-corrected chi connectivity index (χ1v) is 6.59. The predicted octanol–water partition coefficient (Wildman–Crippen LogP) is 2.73. The molecule has 0 amide bonds. The van der Waals surface area contributed by atoms with Crippen LogP contribution in [0, 0.1) is 18.6 Å². The highest BCUT2D eigenvalue weighted by atomic mass is 19.1. The number of benzene rings is 1. The molecule has 5 nitrogen and oxygen atoms in total. The monoisotopic (exact) mass is 297 g/mol. The first-order chi connectivity index (χ1) is 9.95. The largest absolute Gasteiger partial charge is 0.478 e. The SMILES string of the molecule is Cc1noc(COc2c(F)cc(CNC(C)C)cc2F)n1. The van der Waals surface area contributed by atoms with Crippen LogP contribution in [0.5, 0.6) is 5.75 Å². The molecule has 0 spiro atoms.